The summed E-state index contributed by atoms with van der Waals surface area (Å²) in [7, 11) is 0. The zero-order valence-corrected chi connectivity index (χ0v) is 12.4. The van der Waals surface area contributed by atoms with Gasteiger partial charge < -0.3 is 15.2 Å². The van der Waals surface area contributed by atoms with Gasteiger partial charge in [0.1, 0.15) is 12.4 Å². The third kappa shape index (κ3) is 5.04. The van der Waals surface area contributed by atoms with Crippen LogP contribution in [0.5, 0.6) is 5.75 Å². The normalized spacial score (nSPS) is 9.50. The number of amides is 1. The maximum Gasteiger partial charge on any atom is 0.408 e. The summed E-state index contributed by atoms with van der Waals surface area (Å²) in [4.78, 5) is 11.5. The van der Waals surface area contributed by atoms with E-state index < -0.39 is 6.09 Å². The van der Waals surface area contributed by atoms with Crippen LogP contribution in [-0.2, 0) is 11.3 Å². The molecule has 2 N–H and O–H groups in total. The van der Waals surface area contributed by atoms with E-state index in [0.717, 1.165) is 5.56 Å². The molecule has 0 aliphatic rings. The molecule has 0 heterocycles. The lowest BCUT2D eigenvalue weighted by Gasteiger charge is -2.04. The van der Waals surface area contributed by atoms with Crippen LogP contribution in [0.4, 0.5) is 4.79 Å². The number of benzene rings is 2. The Morgan fingerprint density at radius 1 is 1.23 bits per heavy atom. The van der Waals surface area contributed by atoms with Crippen molar-refractivity contribution >= 4 is 17.7 Å². The fourth-order valence-electron chi connectivity index (χ4n) is 1.64. The van der Waals surface area contributed by atoms with Crippen molar-refractivity contribution in [3.8, 4) is 17.6 Å². The van der Waals surface area contributed by atoms with Gasteiger partial charge in [0, 0.05) is 5.56 Å². The van der Waals surface area contributed by atoms with Crippen molar-refractivity contribution in [3.05, 3.63) is 64.7 Å². The molecule has 0 bridgehead atoms. The maximum atomic E-state index is 11.5. The van der Waals surface area contributed by atoms with Crippen molar-refractivity contribution in [2.24, 2.45) is 0 Å². The number of phenolic OH excluding ortho intramolecular Hbond substituents is 1. The van der Waals surface area contributed by atoms with Gasteiger partial charge in [0.2, 0.25) is 0 Å². The minimum Gasteiger partial charge on any atom is -0.508 e. The second-order valence-corrected chi connectivity index (χ2v) is 4.79. The van der Waals surface area contributed by atoms with E-state index in [4.69, 9.17) is 16.3 Å². The van der Waals surface area contributed by atoms with Gasteiger partial charge in [0.25, 0.3) is 0 Å². The number of carbonyl (C=O) groups excluding carboxylic acids is 1. The standard InChI is InChI=1S/C17H14ClNO3/c18-16-9-8-15(20)11-14(16)7-4-10-19-17(21)22-12-13-5-2-1-3-6-13/h1-3,5-6,8-9,11,20H,10,12H2,(H,19,21). The minimum atomic E-state index is -0.542. The summed E-state index contributed by atoms with van der Waals surface area (Å²) in [5.74, 6) is 5.60. The summed E-state index contributed by atoms with van der Waals surface area (Å²) >= 11 is 5.93. The zero-order chi connectivity index (χ0) is 15.8. The number of halogens is 1. The molecule has 0 unspecified atom stereocenters. The zero-order valence-electron chi connectivity index (χ0n) is 11.7. The number of nitrogens with one attached hydrogen (secondary N) is 1. The molecule has 0 fully saturated rings. The topological polar surface area (TPSA) is 58.6 Å². The smallest absolute Gasteiger partial charge is 0.408 e. The van der Waals surface area contributed by atoms with E-state index in [0.29, 0.717) is 10.6 Å². The summed E-state index contributed by atoms with van der Waals surface area (Å²) in [6, 6.07) is 13.9. The van der Waals surface area contributed by atoms with Crippen LogP contribution in [0.1, 0.15) is 11.1 Å². The molecule has 2 aromatic rings. The maximum absolute atomic E-state index is 11.5. The number of aromatic hydroxyl groups is 1. The lowest BCUT2D eigenvalue weighted by molar-refractivity contribution is 0.141. The van der Waals surface area contributed by atoms with E-state index in [1.54, 1.807) is 6.07 Å². The molecular weight excluding hydrogens is 302 g/mol. The third-order valence-electron chi connectivity index (χ3n) is 2.71. The molecule has 0 atom stereocenters. The second-order valence-electron chi connectivity index (χ2n) is 4.38. The van der Waals surface area contributed by atoms with Gasteiger partial charge in [-0.05, 0) is 23.8 Å². The van der Waals surface area contributed by atoms with Crippen LogP contribution >= 0.6 is 11.6 Å². The third-order valence-corrected chi connectivity index (χ3v) is 3.04. The SMILES string of the molecule is O=C(NCC#Cc1cc(O)ccc1Cl)OCc1ccccc1. The Kier molecular flexibility index (Phi) is 5.70. The number of phenols is 1. The quantitative estimate of drug-likeness (QED) is 0.854. The van der Waals surface area contributed by atoms with Gasteiger partial charge in [-0.1, -0.05) is 53.8 Å². The number of hydrogen-bond acceptors (Lipinski definition) is 3. The van der Waals surface area contributed by atoms with Gasteiger partial charge in [0.05, 0.1) is 11.6 Å². The number of hydrogen-bond donors (Lipinski definition) is 2. The van der Waals surface area contributed by atoms with Gasteiger partial charge in [-0.15, -0.1) is 0 Å². The molecule has 0 aliphatic carbocycles. The summed E-state index contributed by atoms with van der Waals surface area (Å²) < 4.78 is 5.04. The summed E-state index contributed by atoms with van der Waals surface area (Å²) in [6.45, 7) is 0.331. The molecule has 2 rings (SSSR count). The summed E-state index contributed by atoms with van der Waals surface area (Å²) in [6.07, 6.45) is -0.542. The van der Waals surface area contributed by atoms with E-state index >= 15 is 0 Å². The van der Waals surface area contributed by atoms with E-state index in [-0.39, 0.29) is 18.9 Å². The Balaban J connectivity index is 1.78. The molecule has 0 saturated carbocycles. The molecule has 1 amide bonds. The predicted molar refractivity (Wildman–Crippen MR) is 84.6 cm³/mol. The predicted octanol–water partition coefficient (Wildman–Crippen LogP) is 3.32. The Bertz CT molecular complexity index is 705. The lowest BCUT2D eigenvalue weighted by Crippen LogP contribution is -2.24. The van der Waals surface area contributed by atoms with Crippen LogP contribution in [-0.4, -0.2) is 17.7 Å². The van der Waals surface area contributed by atoms with E-state index in [2.05, 4.69) is 17.2 Å². The monoisotopic (exact) mass is 315 g/mol. The highest BCUT2D eigenvalue weighted by Gasteiger charge is 2.01. The Morgan fingerprint density at radius 2 is 2.00 bits per heavy atom. The molecule has 112 valence electrons. The van der Waals surface area contributed by atoms with Crippen molar-refractivity contribution in [1.29, 1.82) is 0 Å². The highest BCUT2D eigenvalue weighted by molar-refractivity contribution is 6.31. The first-order chi connectivity index (χ1) is 10.6. The van der Waals surface area contributed by atoms with Gasteiger partial charge in [-0.25, -0.2) is 4.79 Å². The number of rotatable bonds is 3. The Labute approximate surface area is 133 Å². The highest BCUT2D eigenvalue weighted by atomic mass is 35.5. The number of carbonyl (C=O) groups is 1. The average Bonchev–Trinajstić information content (AvgIpc) is 2.53. The van der Waals surface area contributed by atoms with E-state index in [1.165, 1.54) is 12.1 Å². The summed E-state index contributed by atoms with van der Waals surface area (Å²) in [5.41, 5.74) is 1.41. The van der Waals surface area contributed by atoms with Crippen molar-refractivity contribution < 1.29 is 14.6 Å². The van der Waals surface area contributed by atoms with E-state index in [9.17, 15) is 9.90 Å². The lowest BCUT2D eigenvalue weighted by atomic mass is 10.2. The first-order valence-electron chi connectivity index (χ1n) is 6.57. The molecule has 4 nitrogen and oxygen atoms in total. The van der Waals surface area contributed by atoms with Crippen molar-refractivity contribution in [1.82, 2.24) is 5.32 Å². The molecule has 0 aromatic heterocycles. The van der Waals surface area contributed by atoms with Crippen LogP contribution in [0.25, 0.3) is 0 Å². The Morgan fingerprint density at radius 3 is 2.77 bits per heavy atom. The second kappa shape index (κ2) is 7.96. The fourth-order valence-corrected chi connectivity index (χ4v) is 1.80. The molecule has 2 aromatic carbocycles. The minimum absolute atomic E-state index is 0.0870. The summed E-state index contributed by atoms with van der Waals surface area (Å²) in [5, 5.41) is 12.3. The molecular formula is C17H14ClNO3. The molecule has 0 radical (unpaired) electrons. The van der Waals surface area contributed by atoms with Crippen LogP contribution in [0.3, 0.4) is 0 Å². The van der Waals surface area contributed by atoms with Gasteiger partial charge in [-0.2, -0.15) is 0 Å². The molecule has 0 saturated heterocycles. The van der Waals surface area contributed by atoms with Crippen molar-refractivity contribution in [3.63, 3.8) is 0 Å². The van der Waals surface area contributed by atoms with Crippen molar-refractivity contribution in [2.45, 2.75) is 6.61 Å². The van der Waals surface area contributed by atoms with Gasteiger partial charge in [-0.3, -0.25) is 0 Å². The number of alkyl carbamates (subject to hydrolysis) is 1. The van der Waals surface area contributed by atoms with Gasteiger partial charge in [0.15, 0.2) is 0 Å². The van der Waals surface area contributed by atoms with Crippen LogP contribution in [0.15, 0.2) is 48.5 Å². The fraction of sp³-hybridized carbons (Fsp3) is 0.118. The van der Waals surface area contributed by atoms with Crippen LogP contribution < -0.4 is 5.32 Å². The van der Waals surface area contributed by atoms with Crippen LogP contribution in [0, 0.1) is 11.8 Å². The van der Waals surface area contributed by atoms with Crippen LogP contribution in [0.2, 0.25) is 5.02 Å². The molecule has 22 heavy (non-hydrogen) atoms. The Hall–Kier alpha value is -2.64. The van der Waals surface area contributed by atoms with E-state index in [1.807, 2.05) is 30.3 Å². The first kappa shape index (κ1) is 15.7. The highest BCUT2D eigenvalue weighted by Crippen LogP contribution is 2.19. The van der Waals surface area contributed by atoms with Crippen molar-refractivity contribution in [2.75, 3.05) is 6.54 Å². The largest absolute Gasteiger partial charge is 0.508 e. The molecule has 0 aliphatic heterocycles. The molecule has 5 heteroatoms. The number of ether oxygens (including phenoxy) is 1. The average molecular weight is 316 g/mol. The molecule has 0 spiro atoms. The van der Waals surface area contributed by atoms with Gasteiger partial charge >= 0.3 is 6.09 Å². The first-order valence-corrected chi connectivity index (χ1v) is 6.95.